The molecule has 1 aromatic carbocycles. The molecule has 0 unspecified atom stereocenters. The molecule has 0 atom stereocenters. The van der Waals surface area contributed by atoms with Crippen molar-refractivity contribution in [3.8, 4) is 22.9 Å². The molecule has 0 fully saturated rings. The van der Waals surface area contributed by atoms with E-state index in [2.05, 4.69) is 15.0 Å². The van der Waals surface area contributed by atoms with Gasteiger partial charge in [0.15, 0.2) is 11.6 Å². The van der Waals surface area contributed by atoms with Crippen molar-refractivity contribution in [3.05, 3.63) is 66.0 Å². The van der Waals surface area contributed by atoms with E-state index in [4.69, 9.17) is 4.74 Å². The third kappa shape index (κ3) is 5.57. The molecule has 0 saturated heterocycles. The highest BCUT2D eigenvalue weighted by Gasteiger charge is 2.10. The fourth-order valence-electron chi connectivity index (χ4n) is 2.70. The zero-order valence-electron chi connectivity index (χ0n) is 16.7. The van der Waals surface area contributed by atoms with Gasteiger partial charge < -0.3 is 9.64 Å². The smallest absolute Gasteiger partial charge is 0.238 e. The summed E-state index contributed by atoms with van der Waals surface area (Å²) < 4.78 is 20.1. The maximum atomic E-state index is 14.5. The second-order valence-corrected chi connectivity index (χ2v) is 6.86. The lowest BCUT2D eigenvalue weighted by Gasteiger charge is -2.14. The van der Waals surface area contributed by atoms with E-state index in [1.807, 2.05) is 19.1 Å². The van der Waals surface area contributed by atoms with Crippen LogP contribution in [0.3, 0.4) is 0 Å². The Morgan fingerprint density at radius 2 is 2.00 bits per heavy atom. The molecule has 3 rings (SSSR count). The average molecular weight is 394 g/mol. The number of carbonyl (C=O) groups is 1. The topological polar surface area (TPSA) is 68.2 Å². The van der Waals surface area contributed by atoms with Crippen molar-refractivity contribution in [2.75, 3.05) is 13.6 Å². The summed E-state index contributed by atoms with van der Waals surface area (Å²) in [5.74, 6) is -0.181. The van der Waals surface area contributed by atoms with Gasteiger partial charge in [0.1, 0.15) is 0 Å². The Labute approximate surface area is 169 Å². The van der Waals surface area contributed by atoms with Crippen molar-refractivity contribution in [1.82, 2.24) is 19.9 Å². The number of amides is 1. The largest absolute Gasteiger partial charge is 0.434 e. The predicted molar refractivity (Wildman–Crippen MR) is 108 cm³/mol. The fraction of sp³-hybridized carbons (Fsp3) is 0.273. The number of halogens is 1. The van der Waals surface area contributed by atoms with Crippen molar-refractivity contribution in [3.63, 3.8) is 0 Å². The van der Waals surface area contributed by atoms with Crippen molar-refractivity contribution in [2.45, 2.75) is 26.7 Å². The first-order valence-electron chi connectivity index (χ1n) is 9.35. The standard InChI is InChI=1S/C22H23FN4O2/c1-15-6-8-20(25-12-15)17-7-9-21(19(23)11-17)29-22-14-24-13-18(26-22)5-4-10-27(3)16(2)28/h6-9,11-14H,4-5,10H2,1-3H3. The van der Waals surface area contributed by atoms with Gasteiger partial charge in [-0.1, -0.05) is 6.07 Å². The monoisotopic (exact) mass is 394 g/mol. The molecule has 7 heteroatoms. The van der Waals surface area contributed by atoms with Crippen LogP contribution in [0, 0.1) is 12.7 Å². The normalized spacial score (nSPS) is 10.6. The molecule has 0 spiro atoms. The minimum atomic E-state index is -0.500. The molecule has 0 aliphatic heterocycles. The lowest BCUT2D eigenvalue weighted by Crippen LogP contribution is -2.25. The van der Waals surface area contributed by atoms with Crippen LogP contribution >= 0.6 is 0 Å². The SMILES string of the molecule is CC(=O)N(C)CCCc1cncc(Oc2ccc(-c3ccc(C)cn3)cc2F)n1. The van der Waals surface area contributed by atoms with E-state index >= 15 is 0 Å². The molecule has 1 amide bonds. The van der Waals surface area contributed by atoms with Crippen LogP contribution in [0.15, 0.2) is 48.9 Å². The van der Waals surface area contributed by atoms with Crippen LogP contribution in [0.2, 0.25) is 0 Å². The molecule has 0 aliphatic rings. The summed E-state index contributed by atoms with van der Waals surface area (Å²) in [5.41, 5.74) is 3.13. The number of benzene rings is 1. The van der Waals surface area contributed by atoms with E-state index in [0.717, 1.165) is 17.7 Å². The van der Waals surface area contributed by atoms with Crippen LogP contribution < -0.4 is 4.74 Å². The van der Waals surface area contributed by atoms with Crippen LogP contribution in [-0.4, -0.2) is 39.4 Å². The predicted octanol–water partition coefficient (Wildman–Crippen LogP) is 4.19. The molecule has 6 nitrogen and oxygen atoms in total. The van der Waals surface area contributed by atoms with E-state index in [1.165, 1.54) is 19.2 Å². The molecule has 0 radical (unpaired) electrons. The van der Waals surface area contributed by atoms with Gasteiger partial charge in [-0.2, -0.15) is 0 Å². The van der Waals surface area contributed by atoms with Gasteiger partial charge in [0.2, 0.25) is 11.8 Å². The second-order valence-electron chi connectivity index (χ2n) is 6.86. The van der Waals surface area contributed by atoms with Gasteiger partial charge in [-0.15, -0.1) is 0 Å². The summed E-state index contributed by atoms with van der Waals surface area (Å²) >= 11 is 0. The highest BCUT2D eigenvalue weighted by atomic mass is 19.1. The van der Waals surface area contributed by atoms with E-state index < -0.39 is 5.82 Å². The maximum absolute atomic E-state index is 14.5. The van der Waals surface area contributed by atoms with Crippen LogP contribution in [0.4, 0.5) is 4.39 Å². The summed E-state index contributed by atoms with van der Waals surface area (Å²) in [6.45, 7) is 4.11. The molecular weight excluding hydrogens is 371 g/mol. The van der Waals surface area contributed by atoms with E-state index in [-0.39, 0.29) is 17.5 Å². The molecule has 0 N–H and O–H groups in total. The van der Waals surface area contributed by atoms with Crippen LogP contribution in [0.1, 0.15) is 24.6 Å². The summed E-state index contributed by atoms with van der Waals surface area (Å²) in [5, 5.41) is 0. The van der Waals surface area contributed by atoms with E-state index in [0.29, 0.717) is 24.2 Å². The Balaban J connectivity index is 1.67. The number of hydrogen-bond acceptors (Lipinski definition) is 5. The van der Waals surface area contributed by atoms with Crippen molar-refractivity contribution < 1.29 is 13.9 Å². The zero-order chi connectivity index (χ0) is 20.8. The highest BCUT2D eigenvalue weighted by molar-refractivity contribution is 5.72. The summed E-state index contributed by atoms with van der Waals surface area (Å²) in [4.78, 5) is 25.7. The van der Waals surface area contributed by atoms with Crippen LogP contribution in [-0.2, 0) is 11.2 Å². The maximum Gasteiger partial charge on any atom is 0.238 e. The number of nitrogens with zero attached hydrogens (tertiary/aromatic N) is 4. The average Bonchev–Trinajstić information content (AvgIpc) is 2.70. The molecule has 3 aromatic rings. The Kier molecular flexibility index (Phi) is 6.49. The van der Waals surface area contributed by atoms with Gasteiger partial charge in [0.05, 0.1) is 17.6 Å². The number of ether oxygens (including phenoxy) is 1. The Bertz CT molecular complexity index is 992. The van der Waals surface area contributed by atoms with E-state index in [9.17, 15) is 9.18 Å². The molecular formula is C22H23FN4O2. The summed E-state index contributed by atoms with van der Waals surface area (Å²) in [6.07, 6.45) is 6.22. The summed E-state index contributed by atoms with van der Waals surface area (Å²) in [7, 11) is 1.76. The summed E-state index contributed by atoms with van der Waals surface area (Å²) in [6, 6.07) is 8.48. The minimum absolute atomic E-state index is 0.0212. The quantitative estimate of drug-likeness (QED) is 0.601. The number of aromatic nitrogens is 3. The van der Waals surface area contributed by atoms with Gasteiger partial charge in [-0.05, 0) is 49.6 Å². The number of hydrogen-bond donors (Lipinski definition) is 0. The zero-order valence-corrected chi connectivity index (χ0v) is 16.7. The first-order chi connectivity index (χ1) is 13.9. The Morgan fingerprint density at radius 1 is 1.17 bits per heavy atom. The molecule has 0 bridgehead atoms. The molecule has 150 valence electrons. The molecule has 2 heterocycles. The number of carbonyl (C=O) groups excluding carboxylic acids is 1. The number of pyridine rings is 1. The first kappa shape index (κ1) is 20.4. The third-order valence-electron chi connectivity index (χ3n) is 4.48. The van der Waals surface area contributed by atoms with Gasteiger partial charge in [-0.3, -0.25) is 14.8 Å². The lowest BCUT2D eigenvalue weighted by molar-refractivity contribution is -0.127. The Morgan fingerprint density at radius 3 is 2.69 bits per heavy atom. The van der Waals surface area contributed by atoms with Gasteiger partial charge in [0.25, 0.3) is 0 Å². The second kappa shape index (κ2) is 9.23. The molecule has 0 saturated carbocycles. The molecule has 2 aromatic heterocycles. The molecule has 29 heavy (non-hydrogen) atoms. The first-order valence-corrected chi connectivity index (χ1v) is 9.35. The van der Waals surface area contributed by atoms with E-state index in [1.54, 1.807) is 36.5 Å². The van der Waals surface area contributed by atoms with Crippen LogP contribution in [0.5, 0.6) is 11.6 Å². The van der Waals surface area contributed by atoms with Crippen molar-refractivity contribution in [1.29, 1.82) is 0 Å². The minimum Gasteiger partial charge on any atom is -0.434 e. The number of aryl methyl sites for hydroxylation is 2. The van der Waals surface area contributed by atoms with Crippen molar-refractivity contribution in [2.24, 2.45) is 0 Å². The molecule has 0 aliphatic carbocycles. The van der Waals surface area contributed by atoms with Crippen LogP contribution in [0.25, 0.3) is 11.3 Å². The van der Waals surface area contributed by atoms with Gasteiger partial charge in [0, 0.05) is 38.5 Å². The third-order valence-corrected chi connectivity index (χ3v) is 4.48. The van der Waals surface area contributed by atoms with Crippen molar-refractivity contribution >= 4 is 5.91 Å². The highest BCUT2D eigenvalue weighted by Crippen LogP contribution is 2.27. The fourth-order valence-corrected chi connectivity index (χ4v) is 2.70. The van der Waals surface area contributed by atoms with Gasteiger partial charge in [-0.25, -0.2) is 9.37 Å². The Hall–Kier alpha value is -3.35. The number of rotatable bonds is 7. The lowest BCUT2D eigenvalue weighted by atomic mass is 10.1. The van der Waals surface area contributed by atoms with Gasteiger partial charge >= 0.3 is 0 Å².